The van der Waals surface area contributed by atoms with E-state index >= 15 is 0 Å². The molecule has 0 heterocycles. The molecule has 45 valence electrons. The van der Waals surface area contributed by atoms with E-state index in [-0.39, 0.29) is 5.92 Å². The molecule has 0 aromatic heterocycles. The van der Waals surface area contributed by atoms with Gasteiger partial charge in [-0.1, -0.05) is 19.1 Å². The minimum Gasteiger partial charge on any atom is -0.291 e. The summed E-state index contributed by atoms with van der Waals surface area (Å²) in [6.45, 7) is 3.80. The summed E-state index contributed by atoms with van der Waals surface area (Å²) in [5.74, 6) is 0.0613. The summed E-state index contributed by atoms with van der Waals surface area (Å²) < 4.78 is 0. The van der Waals surface area contributed by atoms with Crippen LogP contribution in [-0.4, -0.2) is 6.29 Å². The molecule has 0 aromatic carbocycles. The van der Waals surface area contributed by atoms with Crippen molar-refractivity contribution in [2.75, 3.05) is 0 Å². The lowest BCUT2D eigenvalue weighted by atomic mass is 10.1. The Morgan fingerprint density at radius 1 is 1.75 bits per heavy atom. The standard InChI is InChI=1S/C7H11O/c1-3-4-5-7(2)6-8/h3-4,7H,5H2,1-2H3/b4-3+. The predicted molar refractivity (Wildman–Crippen MR) is 34.3 cm³/mol. The van der Waals surface area contributed by atoms with Crippen LogP contribution in [0, 0.1) is 5.92 Å². The van der Waals surface area contributed by atoms with E-state index in [4.69, 9.17) is 0 Å². The largest absolute Gasteiger partial charge is 0.291 e. The van der Waals surface area contributed by atoms with Crippen LogP contribution in [0.1, 0.15) is 20.3 Å². The Morgan fingerprint density at radius 3 is 2.75 bits per heavy atom. The van der Waals surface area contributed by atoms with Crippen molar-refractivity contribution in [1.29, 1.82) is 0 Å². The van der Waals surface area contributed by atoms with E-state index in [0.717, 1.165) is 6.42 Å². The quantitative estimate of drug-likeness (QED) is 0.506. The van der Waals surface area contributed by atoms with Gasteiger partial charge in [0.25, 0.3) is 0 Å². The average molecular weight is 111 g/mol. The van der Waals surface area contributed by atoms with E-state index < -0.39 is 0 Å². The van der Waals surface area contributed by atoms with Crippen LogP contribution in [0.5, 0.6) is 0 Å². The third kappa shape index (κ3) is 3.59. The molecule has 0 saturated carbocycles. The fraction of sp³-hybridized carbons (Fsp3) is 0.571. The first-order valence-corrected chi connectivity index (χ1v) is 2.80. The minimum atomic E-state index is 0.0613. The highest BCUT2D eigenvalue weighted by Crippen LogP contribution is 1.96. The van der Waals surface area contributed by atoms with Crippen LogP contribution in [0.25, 0.3) is 0 Å². The Bertz CT molecular complexity index is 84.4. The third-order valence-corrected chi connectivity index (χ3v) is 0.927. The molecule has 0 bridgehead atoms. The Labute approximate surface area is 50.4 Å². The molecule has 1 heteroatoms. The Kier molecular flexibility index (Phi) is 4.23. The van der Waals surface area contributed by atoms with Gasteiger partial charge in [-0.15, -0.1) is 0 Å². The zero-order chi connectivity index (χ0) is 6.41. The highest BCUT2D eigenvalue weighted by Gasteiger charge is 1.93. The van der Waals surface area contributed by atoms with E-state index in [1.165, 1.54) is 0 Å². The van der Waals surface area contributed by atoms with Crippen molar-refractivity contribution >= 4 is 6.29 Å². The summed E-state index contributed by atoms with van der Waals surface area (Å²) in [5, 5.41) is 0. The summed E-state index contributed by atoms with van der Waals surface area (Å²) in [4.78, 5) is 9.85. The third-order valence-electron chi connectivity index (χ3n) is 0.927. The fourth-order valence-electron chi connectivity index (χ4n) is 0.388. The first-order chi connectivity index (χ1) is 3.81. The second kappa shape index (κ2) is 4.57. The van der Waals surface area contributed by atoms with Gasteiger partial charge in [0.15, 0.2) is 0 Å². The lowest BCUT2D eigenvalue weighted by Crippen LogP contribution is -1.91. The van der Waals surface area contributed by atoms with Crippen LogP contribution < -0.4 is 0 Å². The zero-order valence-electron chi connectivity index (χ0n) is 5.35. The normalized spacial score (nSPS) is 14.2. The molecule has 0 N–H and O–H groups in total. The maximum Gasteiger partial charge on any atom is 0.201 e. The van der Waals surface area contributed by atoms with Gasteiger partial charge in [0.05, 0.1) is 0 Å². The van der Waals surface area contributed by atoms with Crippen molar-refractivity contribution in [1.82, 2.24) is 0 Å². The Balaban J connectivity index is 3.23. The summed E-state index contributed by atoms with van der Waals surface area (Å²) in [5.41, 5.74) is 0. The van der Waals surface area contributed by atoms with Crippen LogP contribution in [-0.2, 0) is 4.79 Å². The molecule has 0 rings (SSSR count). The number of carbonyl (C=O) groups excluding carboxylic acids is 1. The molecule has 0 aliphatic heterocycles. The van der Waals surface area contributed by atoms with Gasteiger partial charge >= 0.3 is 0 Å². The molecule has 0 aliphatic carbocycles. The van der Waals surface area contributed by atoms with Gasteiger partial charge in [0, 0.05) is 5.92 Å². The summed E-state index contributed by atoms with van der Waals surface area (Å²) in [6.07, 6.45) is 6.62. The second-order valence-corrected chi connectivity index (χ2v) is 1.82. The lowest BCUT2D eigenvalue weighted by Gasteiger charge is -1.91. The maximum atomic E-state index is 9.85. The topological polar surface area (TPSA) is 17.1 Å². The predicted octanol–water partition coefficient (Wildman–Crippen LogP) is 1.70. The molecule has 0 fully saturated rings. The van der Waals surface area contributed by atoms with E-state index in [1.54, 1.807) is 0 Å². The van der Waals surface area contributed by atoms with Crippen molar-refractivity contribution in [3.8, 4) is 0 Å². The van der Waals surface area contributed by atoms with E-state index in [9.17, 15) is 4.79 Å². The Morgan fingerprint density at radius 2 is 2.38 bits per heavy atom. The molecule has 1 nitrogen and oxygen atoms in total. The molecule has 8 heavy (non-hydrogen) atoms. The van der Waals surface area contributed by atoms with Crippen molar-refractivity contribution in [3.05, 3.63) is 12.2 Å². The van der Waals surface area contributed by atoms with Crippen molar-refractivity contribution in [3.63, 3.8) is 0 Å². The van der Waals surface area contributed by atoms with Gasteiger partial charge in [-0.25, -0.2) is 0 Å². The maximum absolute atomic E-state index is 9.85. The Hall–Kier alpha value is -0.590. The van der Waals surface area contributed by atoms with Crippen molar-refractivity contribution in [2.45, 2.75) is 20.3 Å². The van der Waals surface area contributed by atoms with E-state index in [1.807, 2.05) is 32.3 Å². The number of allylic oxidation sites excluding steroid dienone is 2. The minimum absolute atomic E-state index is 0.0613. The van der Waals surface area contributed by atoms with Crippen LogP contribution in [0.2, 0.25) is 0 Å². The fourth-order valence-corrected chi connectivity index (χ4v) is 0.388. The molecule has 1 atom stereocenters. The van der Waals surface area contributed by atoms with E-state index in [0.29, 0.717) is 0 Å². The monoisotopic (exact) mass is 111 g/mol. The molecule has 0 spiro atoms. The first-order valence-electron chi connectivity index (χ1n) is 2.80. The first kappa shape index (κ1) is 7.41. The van der Waals surface area contributed by atoms with Crippen LogP contribution >= 0.6 is 0 Å². The molecule has 0 amide bonds. The highest BCUT2D eigenvalue weighted by molar-refractivity contribution is 5.53. The van der Waals surface area contributed by atoms with Gasteiger partial charge in [-0.2, -0.15) is 0 Å². The van der Waals surface area contributed by atoms with Gasteiger partial charge in [-0.3, -0.25) is 4.79 Å². The summed E-state index contributed by atoms with van der Waals surface area (Å²) >= 11 is 0. The summed E-state index contributed by atoms with van der Waals surface area (Å²) in [7, 11) is 0. The van der Waals surface area contributed by atoms with Crippen LogP contribution in [0.4, 0.5) is 0 Å². The van der Waals surface area contributed by atoms with Gasteiger partial charge in [0.1, 0.15) is 0 Å². The highest BCUT2D eigenvalue weighted by atomic mass is 16.1. The smallest absolute Gasteiger partial charge is 0.201 e. The van der Waals surface area contributed by atoms with Crippen LogP contribution in [0.3, 0.4) is 0 Å². The zero-order valence-corrected chi connectivity index (χ0v) is 5.35. The lowest BCUT2D eigenvalue weighted by molar-refractivity contribution is 0.530. The average Bonchev–Trinajstić information content (AvgIpc) is 1.83. The molecular formula is C7H11O. The second-order valence-electron chi connectivity index (χ2n) is 1.82. The number of hydrogen-bond donors (Lipinski definition) is 0. The molecule has 0 saturated heterocycles. The summed E-state index contributed by atoms with van der Waals surface area (Å²) in [6, 6.07) is 0. The number of rotatable bonds is 3. The molecule has 1 unspecified atom stereocenters. The van der Waals surface area contributed by atoms with Gasteiger partial charge in [-0.05, 0) is 13.3 Å². The molecule has 0 aliphatic rings. The van der Waals surface area contributed by atoms with Gasteiger partial charge in [0.2, 0.25) is 6.29 Å². The molecule has 0 aromatic rings. The van der Waals surface area contributed by atoms with Crippen molar-refractivity contribution in [2.24, 2.45) is 5.92 Å². The molecule has 1 radical (unpaired) electrons. The van der Waals surface area contributed by atoms with Crippen LogP contribution in [0.15, 0.2) is 12.2 Å². The van der Waals surface area contributed by atoms with E-state index in [2.05, 4.69) is 0 Å². The van der Waals surface area contributed by atoms with Crippen molar-refractivity contribution < 1.29 is 4.79 Å². The van der Waals surface area contributed by atoms with Gasteiger partial charge < -0.3 is 0 Å². The molecular weight excluding hydrogens is 100 g/mol. The number of hydrogen-bond acceptors (Lipinski definition) is 1. The SMILES string of the molecule is C/C=C/CC(C)[C]=O.